The maximum Gasteiger partial charge on any atom is 0.287 e. The van der Waals surface area contributed by atoms with Gasteiger partial charge in [-0.25, -0.2) is 0 Å². The highest BCUT2D eigenvalue weighted by Gasteiger charge is 2.45. The lowest BCUT2D eigenvalue weighted by Gasteiger charge is -2.20. The summed E-state index contributed by atoms with van der Waals surface area (Å²) in [4.78, 5) is 16.0. The van der Waals surface area contributed by atoms with Gasteiger partial charge in [0.25, 0.3) is 5.91 Å². The Bertz CT molecular complexity index is 776. The Morgan fingerprint density at radius 2 is 1.89 bits per heavy atom. The van der Waals surface area contributed by atoms with Crippen LogP contribution >= 0.6 is 39.9 Å². The molecular weight excluding hydrogens is 523 g/mol. The maximum absolute atomic E-state index is 11.8. The summed E-state index contributed by atoms with van der Waals surface area (Å²) in [5, 5.41) is 9.42. The first kappa shape index (κ1) is 21.7. The van der Waals surface area contributed by atoms with Gasteiger partial charge in [0.05, 0.1) is 6.26 Å². The summed E-state index contributed by atoms with van der Waals surface area (Å²) in [6.45, 7) is 1.89. The summed E-state index contributed by atoms with van der Waals surface area (Å²) in [6.07, 6.45) is 3.81. The molecule has 0 unspecified atom stereocenters. The molecule has 27 heavy (non-hydrogen) atoms. The summed E-state index contributed by atoms with van der Waals surface area (Å²) in [5.74, 6) is 0.831. The topological polar surface area (TPSA) is 78.7 Å². The second-order valence-electron chi connectivity index (χ2n) is 6.35. The number of furan rings is 1. The van der Waals surface area contributed by atoms with Crippen LogP contribution in [0.4, 0.5) is 0 Å². The molecule has 1 aliphatic carbocycles. The zero-order valence-corrected chi connectivity index (χ0v) is 19.0. The molecule has 0 aliphatic heterocycles. The number of hydrogen-bond acceptors (Lipinski definition) is 3. The first-order valence-corrected chi connectivity index (χ1v) is 9.45. The van der Waals surface area contributed by atoms with Crippen LogP contribution in [0, 0.1) is 0 Å². The molecule has 0 saturated heterocycles. The van der Waals surface area contributed by atoms with Crippen LogP contribution in [0.1, 0.15) is 29.0 Å². The van der Waals surface area contributed by atoms with Crippen molar-refractivity contribution in [2.24, 2.45) is 4.99 Å². The summed E-state index contributed by atoms with van der Waals surface area (Å²) < 4.78 is 6.21. The first-order valence-electron chi connectivity index (χ1n) is 8.66. The average molecular weight is 547 g/mol. The van der Waals surface area contributed by atoms with Gasteiger partial charge < -0.3 is 20.4 Å². The minimum Gasteiger partial charge on any atom is -0.459 e. The van der Waals surface area contributed by atoms with Gasteiger partial charge in [0.1, 0.15) is 0 Å². The quantitative estimate of drug-likeness (QED) is 0.215. The van der Waals surface area contributed by atoms with Gasteiger partial charge in [-0.2, -0.15) is 0 Å². The molecule has 1 fully saturated rings. The molecule has 1 aromatic carbocycles. The first-order chi connectivity index (χ1) is 12.6. The van der Waals surface area contributed by atoms with Crippen LogP contribution in [0.2, 0.25) is 0 Å². The number of nitrogens with zero attached hydrogens (tertiary/aromatic N) is 1. The predicted molar refractivity (Wildman–Crippen MR) is 121 cm³/mol. The third kappa shape index (κ3) is 5.71. The standard InChI is InChI=1S/C19H23BrN4O2.HI/c1-21-18(23-11-10-22-17(25)16-7-4-12-26-16)24-13-19(8-9-19)14-5-2-3-6-15(14)20;/h2-7,12H,8-11,13H2,1H3,(H,22,25)(H2,21,23,24);1H. The predicted octanol–water partition coefficient (Wildman–Crippen LogP) is 3.29. The third-order valence-corrected chi connectivity index (χ3v) is 5.26. The highest BCUT2D eigenvalue weighted by atomic mass is 127. The van der Waals surface area contributed by atoms with Gasteiger partial charge in [0.15, 0.2) is 11.7 Å². The van der Waals surface area contributed by atoms with E-state index in [9.17, 15) is 4.79 Å². The molecule has 1 heterocycles. The van der Waals surface area contributed by atoms with E-state index in [-0.39, 0.29) is 35.3 Å². The number of guanidine groups is 1. The number of nitrogens with one attached hydrogen (secondary N) is 3. The molecule has 0 bridgehead atoms. The van der Waals surface area contributed by atoms with E-state index >= 15 is 0 Å². The Morgan fingerprint density at radius 1 is 1.15 bits per heavy atom. The monoisotopic (exact) mass is 546 g/mol. The fourth-order valence-electron chi connectivity index (χ4n) is 2.91. The molecule has 0 spiro atoms. The van der Waals surface area contributed by atoms with Crippen molar-refractivity contribution < 1.29 is 9.21 Å². The number of benzene rings is 1. The van der Waals surface area contributed by atoms with E-state index in [4.69, 9.17) is 4.42 Å². The molecule has 3 N–H and O–H groups in total. The zero-order valence-electron chi connectivity index (χ0n) is 15.1. The van der Waals surface area contributed by atoms with Crippen LogP contribution in [0.25, 0.3) is 0 Å². The number of hydrogen-bond donors (Lipinski definition) is 3. The van der Waals surface area contributed by atoms with Gasteiger partial charge in [0.2, 0.25) is 0 Å². The minimum atomic E-state index is -0.217. The van der Waals surface area contributed by atoms with Gasteiger partial charge in [0, 0.05) is 36.6 Å². The molecule has 8 heteroatoms. The van der Waals surface area contributed by atoms with Gasteiger partial charge in [-0.15, -0.1) is 24.0 Å². The number of amides is 1. The fourth-order valence-corrected chi connectivity index (χ4v) is 3.61. The van der Waals surface area contributed by atoms with Crippen molar-refractivity contribution in [3.05, 3.63) is 58.5 Å². The molecular formula is C19H24BrIN4O2. The largest absolute Gasteiger partial charge is 0.459 e. The van der Waals surface area contributed by atoms with Crippen molar-refractivity contribution in [3.8, 4) is 0 Å². The lowest BCUT2D eigenvalue weighted by Crippen LogP contribution is -2.44. The Morgan fingerprint density at radius 3 is 2.52 bits per heavy atom. The summed E-state index contributed by atoms with van der Waals surface area (Å²) in [7, 11) is 1.74. The van der Waals surface area contributed by atoms with Gasteiger partial charge >= 0.3 is 0 Å². The van der Waals surface area contributed by atoms with Gasteiger partial charge in [-0.3, -0.25) is 9.79 Å². The van der Waals surface area contributed by atoms with Gasteiger partial charge in [-0.1, -0.05) is 34.1 Å². The molecule has 1 saturated carbocycles. The third-order valence-electron chi connectivity index (χ3n) is 4.56. The Balaban J connectivity index is 0.00000261. The molecule has 146 valence electrons. The molecule has 0 radical (unpaired) electrons. The summed E-state index contributed by atoms with van der Waals surface area (Å²) >= 11 is 3.66. The van der Waals surface area contributed by atoms with E-state index in [1.54, 1.807) is 19.2 Å². The smallest absolute Gasteiger partial charge is 0.287 e. The zero-order chi connectivity index (χ0) is 18.4. The molecule has 6 nitrogen and oxygen atoms in total. The number of carbonyl (C=O) groups excluding carboxylic acids is 1. The van der Waals surface area contributed by atoms with Crippen LogP contribution in [-0.2, 0) is 5.41 Å². The lowest BCUT2D eigenvalue weighted by molar-refractivity contribution is 0.0926. The van der Waals surface area contributed by atoms with Crippen molar-refractivity contribution in [1.29, 1.82) is 0 Å². The van der Waals surface area contributed by atoms with E-state index < -0.39 is 0 Å². The normalized spacial score (nSPS) is 14.8. The maximum atomic E-state index is 11.8. The second kappa shape index (κ2) is 10.1. The van der Waals surface area contributed by atoms with E-state index in [0.717, 1.165) is 17.0 Å². The van der Waals surface area contributed by atoms with Crippen LogP contribution in [0.15, 0.2) is 56.5 Å². The number of carbonyl (C=O) groups is 1. The van der Waals surface area contributed by atoms with Crippen LogP contribution in [0.5, 0.6) is 0 Å². The molecule has 3 rings (SSSR count). The fraction of sp³-hybridized carbons (Fsp3) is 0.368. The lowest BCUT2D eigenvalue weighted by atomic mass is 9.96. The Hall–Kier alpha value is -1.55. The number of halogens is 2. The van der Waals surface area contributed by atoms with E-state index in [1.807, 2.05) is 6.07 Å². The van der Waals surface area contributed by atoms with Crippen molar-refractivity contribution in [2.45, 2.75) is 18.3 Å². The molecule has 2 aromatic rings. The molecule has 1 aliphatic rings. The van der Waals surface area contributed by atoms with Crippen LogP contribution < -0.4 is 16.0 Å². The van der Waals surface area contributed by atoms with Gasteiger partial charge in [-0.05, 0) is 36.6 Å². The highest BCUT2D eigenvalue weighted by Crippen LogP contribution is 2.49. The number of rotatable bonds is 7. The van der Waals surface area contributed by atoms with E-state index in [2.05, 4.69) is 55.1 Å². The van der Waals surface area contributed by atoms with Crippen molar-refractivity contribution in [1.82, 2.24) is 16.0 Å². The van der Waals surface area contributed by atoms with Crippen molar-refractivity contribution >= 4 is 51.8 Å². The number of aliphatic imine (C=N–C) groups is 1. The minimum absolute atomic E-state index is 0. The Kier molecular flexibility index (Phi) is 8.15. The second-order valence-corrected chi connectivity index (χ2v) is 7.20. The molecule has 1 aromatic heterocycles. The van der Waals surface area contributed by atoms with Crippen LogP contribution in [0.3, 0.4) is 0 Å². The van der Waals surface area contributed by atoms with Crippen LogP contribution in [-0.4, -0.2) is 38.5 Å². The van der Waals surface area contributed by atoms with E-state index in [0.29, 0.717) is 18.8 Å². The molecule has 1 amide bonds. The van der Waals surface area contributed by atoms with Crippen molar-refractivity contribution in [2.75, 3.05) is 26.7 Å². The van der Waals surface area contributed by atoms with Crippen molar-refractivity contribution in [3.63, 3.8) is 0 Å². The summed E-state index contributed by atoms with van der Waals surface area (Å²) in [5.41, 5.74) is 1.51. The average Bonchev–Trinajstić information content (AvgIpc) is 3.23. The molecule has 0 atom stereocenters. The van der Waals surface area contributed by atoms with E-state index in [1.165, 1.54) is 24.7 Å². The Labute approximate surface area is 184 Å². The highest BCUT2D eigenvalue weighted by molar-refractivity contribution is 14.0. The SMILES string of the molecule is CN=C(NCCNC(=O)c1ccco1)NCC1(c2ccccc2Br)CC1.I. The summed E-state index contributed by atoms with van der Waals surface area (Å²) in [6, 6.07) is 11.7.